The van der Waals surface area contributed by atoms with Crippen LogP contribution in [0, 0.1) is 5.92 Å². The zero-order chi connectivity index (χ0) is 21.3. The van der Waals surface area contributed by atoms with Gasteiger partial charge in [-0.25, -0.2) is 4.79 Å². The number of H-pyrrole nitrogens is 1. The van der Waals surface area contributed by atoms with Crippen molar-refractivity contribution in [3.8, 4) is 0 Å². The van der Waals surface area contributed by atoms with Crippen LogP contribution in [0.4, 0.5) is 5.69 Å². The summed E-state index contributed by atoms with van der Waals surface area (Å²) in [6.07, 6.45) is 1.94. The van der Waals surface area contributed by atoms with E-state index in [9.17, 15) is 19.5 Å². The Morgan fingerprint density at radius 1 is 1.20 bits per heavy atom. The molecule has 1 aliphatic rings. The molecule has 8 heteroatoms. The molecule has 2 atom stereocenters. The topological polar surface area (TPSA) is 102 Å². The fraction of sp³-hybridized carbons (Fsp3) is 0.227. The van der Waals surface area contributed by atoms with Crippen LogP contribution in [0.3, 0.4) is 0 Å². The average Bonchev–Trinajstić information content (AvgIpc) is 3.32. The fourth-order valence-corrected chi connectivity index (χ4v) is 3.89. The zero-order valence-electron chi connectivity index (χ0n) is 16.0. The number of rotatable bonds is 6. The summed E-state index contributed by atoms with van der Waals surface area (Å²) in [6.45, 7) is 0.200. The molecule has 30 heavy (non-hydrogen) atoms. The molecule has 2 unspecified atom stereocenters. The van der Waals surface area contributed by atoms with Crippen LogP contribution in [-0.4, -0.2) is 40.5 Å². The number of nitrogens with zero attached hydrogens (tertiary/aromatic N) is 1. The van der Waals surface area contributed by atoms with Crippen LogP contribution in [0.15, 0.2) is 54.7 Å². The van der Waals surface area contributed by atoms with Crippen LogP contribution in [0.1, 0.15) is 12.0 Å². The molecule has 4 rings (SSSR count). The summed E-state index contributed by atoms with van der Waals surface area (Å²) in [5, 5.41) is 13.7. The smallest absolute Gasteiger partial charge is 0.326 e. The third kappa shape index (κ3) is 4.02. The number of aromatic nitrogens is 1. The van der Waals surface area contributed by atoms with Crippen molar-refractivity contribution in [3.05, 3.63) is 65.3 Å². The number of aliphatic carboxylic acids is 1. The quantitative estimate of drug-likeness (QED) is 0.565. The first-order valence-electron chi connectivity index (χ1n) is 9.56. The van der Waals surface area contributed by atoms with E-state index >= 15 is 0 Å². The van der Waals surface area contributed by atoms with Crippen molar-refractivity contribution >= 4 is 46.0 Å². The predicted octanol–water partition coefficient (Wildman–Crippen LogP) is 2.99. The Balaban J connectivity index is 1.45. The van der Waals surface area contributed by atoms with E-state index in [-0.39, 0.29) is 25.3 Å². The molecule has 7 nitrogen and oxygen atoms in total. The highest BCUT2D eigenvalue weighted by Gasteiger charge is 2.36. The Bertz CT molecular complexity index is 1110. The highest BCUT2D eigenvalue weighted by atomic mass is 35.5. The number of nitrogens with one attached hydrogen (secondary N) is 2. The maximum Gasteiger partial charge on any atom is 0.326 e. The van der Waals surface area contributed by atoms with Gasteiger partial charge in [-0.2, -0.15) is 0 Å². The van der Waals surface area contributed by atoms with Crippen molar-refractivity contribution in [2.45, 2.75) is 18.9 Å². The van der Waals surface area contributed by atoms with Gasteiger partial charge in [0.2, 0.25) is 11.8 Å². The maximum atomic E-state index is 12.7. The van der Waals surface area contributed by atoms with Gasteiger partial charge < -0.3 is 20.3 Å². The number of carboxylic acid groups (broad SMARTS) is 1. The van der Waals surface area contributed by atoms with Crippen LogP contribution in [0.25, 0.3) is 10.9 Å². The number of hydrogen-bond donors (Lipinski definition) is 3. The van der Waals surface area contributed by atoms with Gasteiger partial charge in [0.15, 0.2) is 0 Å². The summed E-state index contributed by atoms with van der Waals surface area (Å²) < 4.78 is 0. The summed E-state index contributed by atoms with van der Waals surface area (Å²) in [7, 11) is 0. The minimum Gasteiger partial charge on any atom is -0.480 e. The molecule has 1 fully saturated rings. The Morgan fingerprint density at radius 2 is 1.93 bits per heavy atom. The van der Waals surface area contributed by atoms with Crippen LogP contribution < -0.4 is 10.2 Å². The zero-order valence-corrected chi connectivity index (χ0v) is 16.7. The van der Waals surface area contributed by atoms with E-state index in [1.807, 2.05) is 24.3 Å². The second-order valence-corrected chi connectivity index (χ2v) is 7.78. The average molecular weight is 426 g/mol. The van der Waals surface area contributed by atoms with E-state index in [2.05, 4.69) is 10.3 Å². The normalized spacial score (nSPS) is 17.3. The highest BCUT2D eigenvalue weighted by molar-refractivity contribution is 6.30. The van der Waals surface area contributed by atoms with Crippen molar-refractivity contribution < 1.29 is 19.5 Å². The largest absolute Gasteiger partial charge is 0.480 e. The number of benzene rings is 2. The van der Waals surface area contributed by atoms with Gasteiger partial charge in [-0.15, -0.1) is 0 Å². The molecule has 1 aromatic heterocycles. The lowest BCUT2D eigenvalue weighted by molar-refractivity contribution is -0.142. The van der Waals surface area contributed by atoms with Crippen LogP contribution in [0.5, 0.6) is 0 Å². The van der Waals surface area contributed by atoms with E-state index in [1.54, 1.807) is 30.5 Å². The Hall–Kier alpha value is -3.32. The lowest BCUT2D eigenvalue weighted by Gasteiger charge is -2.19. The standard InChI is InChI=1S/C22H20ClN3O4/c23-15-5-7-16(8-6-15)26-12-14(10-20(26)27)21(28)25-19(22(29)30)9-13-11-24-18-4-2-1-3-17(13)18/h1-8,11,14,19,24H,9-10,12H2,(H,25,28)(H,29,30). The molecule has 2 heterocycles. The summed E-state index contributed by atoms with van der Waals surface area (Å²) in [4.78, 5) is 41.5. The Kier molecular flexibility index (Phi) is 5.46. The van der Waals surface area contributed by atoms with Gasteiger partial charge in [-0.1, -0.05) is 29.8 Å². The number of halogens is 1. The third-order valence-electron chi connectivity index (χ3n) is 5.35. The van der Waals surface area contributed by atoms with E-state index in [0.29, 0.717) is 10.7 Å². The monoisotopic (exact) mass is 425 g/mol. The van der Waals surface area contributed by atoms with E-state index in [0.717, 1.165) is 16.5 Å². The number of aromatic amines is 1. The molecule has 0 spiro atoms. The van der Waals surface area contributed by atoms with Crippen LogP contribution >= 0.6 is 11.6 Å². The number of hydrogen-bond acceptors (Lipinski definition) is 3. The summed E-state index contributed by atoms with van der Waals surface area (Å²) >= 11 is 5.89. The lowest BCUT2D eigenvalue weighted by Crippen LogP contribution is -2.45. The maximum absolute atomic E-state index is 12.7. The van der Waals surface area contributed by atoms with E-state index in [4.69, 9.17) is 11.6 Å². The van der Waals surface area contributed by atoms with Gasteiger partial charge in [0.1, 0.15) is 6.04 Å². The molecule has 2 amide bonds. The Morgan fingerprint density at radius 3 is 2.67 bits per heavy atom. The van der Waals surface area contributed by atoms with E-state index < -0.39 is 23.8 Å². The first kappa shape index (κ1) is 20.0. The van der Waals surface area contributed by atoms with Crippen molar-refractivity contribution in [2.75, 3.05) is 11.4 Å². The third-order valence-corrected chi connectivity index (χ3v) is 5.60. The number of carboxylic acids is 1. The fourth-order valence-electron chi connectivity index (χ4n) is 3.76. The van der Waals surface area contributed by atoms with Gasteiger partial charge in [-0.3, -0.25) is 9.59 Å². The minimum atomic E-state index is -1.12. The number of anilines is 1. The molecule has 0 bridgehead atoms. The van der Waals surface area contributed by atoms with Crippen LogP contribution in [-0.2, 0) is 20.8 Å². The first-order chi connectivity index (χ1) is 14.4. The number of fused-ring (bicyclic) bond motifs is 1. The SMILES string of the molecule is O=C(NC(Cc1c[nH]c2ccccc12)C(=O)O)C1CC(=O)N(c2ccc(Cl)cc2)C1. The number of para-hydroxylation sites is 1. The van der Waals surface area contributed by atoms with Gasteiger partial charge in [0.25, 0.3) is 0 Å². The summed E-state index contributed by atoms with van der Waals surface area (Å²) in [6, 6.07) is 13.3. The van der Waals surface area contributed by atoms with Gasteiger partial charge >= 0.3 is 5.97 Å². The molecular weight excluding hydrogens is 406 g/mol. The predicted molar refractivity (Wildman–Crippen MR) is 113 cm³/mol. The van der Waals surface area contributed by atoms with Crippen molar-refractivity contribution in [1.29, 1.82) is 0 Å². The second kappa shape index (κ2) is 8.20. The molecule has 3 N–H and O–H groups in total. The molecular formula is C22H20ClN3O4. The van der Waals surface area contributed by atoms with Gasteiger partial charge in [0.05, 0.1) is 5.92 Å². The first-order valence-corrected chi connectivity index (χ1v) is 9.94. The molecule has 2 aromatic carbocycles. The van der Waals surface area contributed by atoms with Crippen molar-refractivity contribution in [2.24, 2.45) is 5.92 Å². The Labute approximate surface area is 177 Å². The summed E-state index contributed by atoms with van der Waals surface area (Å²) in [5.41, 5.74) is 2.37. The van der Waals surface area contributed by atoms with Gasteiger partial charge in [-0.05, 0) is 35.9 Å². The van der Waals surface area contributed by atoms with Crippen LogP contribution in [0.2, 0.25) is 5.02 Å². The van der Waals surface area contributed by atoms with Crippen molar-refractivity contribution in [1.82, 2.24) is 10.3 Å². The molecule has 154 valence electrons. The van der Waals surface area contributed by atoms with Crippen molar-refractivity contribution in [3.63, 3.8) is 0 Å². The van der Waals surface area contributed by atoms with E-state index in [1.165, 1.54) is 4.90 Å². The minimum absolute atomic E-state index is 0.0356. The molecule has 3 aromatic rings. The number of carbonyl (C=O) groups excluding carboxylic acids is 2. The molecule has 0 radical (unpaired) electrons. The molecule has 0 saturated carbocycles. The molecule has 0 aliphatic carbocycles. The molecule has 1 saturated heterocycles. The summed E-state index contributed by atoms with van der Waals surface area (Å²) in [5.74, 6) is -2.35. The second-order valence-electron chi connectivity index (χ2n) is 7.34. The number of amides is 2. The highest BCUT2D eigenvalue weighted by Crippen LogP contribution is 2.27. The van der Waals surface area contributed by atoms with Gasteiger partial charge in [0, 0.05) is 47.2 Å². The lowest BCUT2D eigenvalue weighted by atomic mass is 10.0. The number of carbonyl (C=O) groups is 3. The molecule has 1 aliphatic heterocycles.